The molecule has 0 spiro atoms. The summed E-state index contributed by atoms with van der Waals surface area (Å²) in [5.41, 5.74) is 25.4. The fraction of sp³-hybridized carbons (Fsp3) is 0. The second-order valence-corrected chi connectivity index (χ2v) is 22.4. The molecule has 84 heavy (non-hydrogen) atoms. The molecule has 0 unspecified atom stereocenters. The molecule has 0 N–H and O–H groups in total. The summed E-state index contributed by atoms with van der Waals surface area (Å²) in [6.45, 7) is -0.187. The van der Waals surface area contributed by atoms with Crippen LogP contribution in [0.5, 0.6) is 0 Å². The smallest absolute Gasteiger partial charge is 0.252 e. The van der Waals surface area contributed by atoms with Crippen molar-refractivity contribution in [2.75, 3.05) is 9.80 Å². The maximum Gasteiger partial charge on any atom is 0.252 e. The molecule has 2 aliphatic heterocycles. The molecule has 16 aromatic rings. The lowest BCUT2D eigenvalue weighted by atomic mass is 9.33. The molecule has 390 valence electrons. The lowest BCUT2D eigenvalue weighted by molar-refractivity contribution is 1.13. The van der Waals surface area contributed by atoms with Gasteiger partial charge >= 0.3 is 0 Å². The predicted octanol–water partition coefficient (Wildman–Crippen LogP) is 18.4. The maximum atomic E-state index is 2.61. The summed E-state index contributed by atoms with van der Waals surface area (Å²) in [7, 11) is 0. The van der Waals surface area contributed by atoms with Crippen LogP contribution in [0.25, 0.3) is 105 Å². The van der Waals surface area contributed by atoms with Crippen LogP contribution in [0.1, 0.15) is 0 Å². The minimum Gasteiger partial charge on any atom is -0.309 e. The van der Waals surface area contributed by atoms with Crippen LogP contribution in [0.3, 0.4) is 0 Å². The number of nitrogens with zero attached hydrogens (tertiary/aromatic N) is 5. The van der Waals surface area contributed by atoms with Crippen LogP contribution in [-0.4, -0.2) is 20.4 Å². The average molecular weight is 1070 g/mol. The molecule has 0 radical (unpaired) electrons. The molecule has 0 atom stereocenters. The molecule has 3 aromatic heterocycles. The third kappa shape index (κ3) is 6.73. The Balaban J connectivity index is 1.01. The zero-order chi connectivity index (χ0) is 55.0. The fourth-order valence-corrected chi connectivity index (χ4v) is 14.5. The highest BCUT2D eigenvalue weighted by Crippen LogP contribution is 2.50. The Morgan fingerprint density at radius 3 is 0.857 bits per heavy atom. The van der Waals surface area contributed by atoms with Crippen molar-refractivity contribution in [3.8, 4) is 39.3 Å². The molecule has 0 saturated heterocycles. The molecular weight excluding hydrogens is 1020 g/mol. The van der Waals surface area contributed by atoms with Gasteiger partial charge in [0.2, 0.25) is 0 Å². The lowest BCUT2D eigenvalue weighted by Crippen LogP contribution is -2.61. The van der Waals surface area contributed by atoms with Crippen molar-refractivity contribution in [3.63, 3.8) is 0 Å². The van der Waals surface area contributed by atoms with E-state index in [0.717, 1.165) is 84.3 Å². The van der Waals surface area contributed by atoms with Gasteiger partial charge in [0.05, 0.1) is 61.5 Å². The third-order valence-electron chi connectivity index (χ3n) is 18.0. The Kier molecular flexibility index (Phi) is 10.1. The van der Waals surface area contributed by atoms with Crippen LogP contribution in [-0.2, 0) is 0 Å². The normalized spacial score (nSPS) is 12.7. The van der Waals surface area contributed by atoms with Crippen LogP contribution >= 0.6 is 0 Å². The Labute approximate surface area is 486 Å². The number of rotatable bonds is 7. The molecular formula is C78H50BN5. The van der Waals surface area contributed by atoms with E-state index in [2.05, 4.69) is 327 Å². The van der Waals surface area contributed by atoms with Gasteiger partial charge < -0.3 is 23.5 Å². The van der Waals surface area contributed by atoms with E-state index in [1.807, 2.05) is 0 Å². The number of para-hydroxylation sites is 10. The first-order valence-corrected chi connectivity index (χ1v) is 29.0. The van der Waals surface area contributed by atoms with E-state index in [-0.39, 0.29) is 6.71 Å². The molecule has 2 aliphatic rings. The minimum atomic E-state index is -0.187. The second-order valence-electron chi connectivity index (χ2n) is 22.4. The van der Waals surface area contributed by atoms with Gasteiger partial charge in [-0.15, -0.1) is 0 Å². The first kappa shape index (κ1) is 46.7. The topological polar surface area (TPSA) is 21.3 Å². The quantitative estimate of drug-likeness (QED) is 0.148. The SMILES string of the molecule is c1ccc(-c2ccc3c(c2)B2c4cc(-c5ccccc5)ccc4N(c4ccccc4-n4c5ccccc5c5ccccc54)c4cc(-n5c6ccccc6c6ccccc65)cc(c42)N3c2ccccc2-n2c3ccccc3c3ccccc32)cc1. The standard InChI is InChI=1S/C78H50BN5/c1-3-23-51(24-4-1)53-43-45-70-62(47-53)79-63-48-54(52-25-5-2-6-26-52)44-46-71(63)84(75-42-22-20-40-73(75)82-68-37-17-11-31-60(68)61-32-12-18-38-69(61)82)77-50-55(80-64-33-13-7-27-56(64)57-28-8-14-34-65(57)80)49-76(78(77)79)83(70)74-41-21-19-39-72(74)81-66-35-15-9-29-58(66)59-30-10-16-36-67(59)81/h1-50H. The summed E-state index contributed by atoms with van der Waals surface area (Å²) in [5.74, 6) is 0. The summed E-state index contributed by atoms with van der Waals surface area (Å²) in [6.07, 6.45) is 0. The molecule has 0 bridgehead atoms. The Bertz CT molecular complexity index is 4930. The molecule has 0 aliphatic carbocycles. The molecule has 6 heteroatoms. The Morgan fingerprint density at radius 1 is 0.202 bits per heavy atom. The number of fused-ring (bicyclic) bond motifs is 13. The van der Waals surface area contributed by atoms with Gasteiger partial charge in [-0.2, -0.15) is 0 Å². The number of hydrogen-bond acceptors (Lipinski definition) is 2. The number of anilines is 6. The van der Waals surface area contributed by atoms with Crippen LogP contribution < -0.4 is 26.2 Å². The summed E-state index contributed by atoms with van der Waals surface area (Å²) in [4.78, 5) is 5.22. The second kappa shape index (κ2) is 18.2. The number of benzene rings is 13. The summed E-state index contributed by atoms with van der Waals surface area (Å²) in [6, 6.07) is 113. The van der Waals surface area contributed by atoms with Crippen molar-refractivity contribution in [3.05, 3.63) is 303 Å². The van der Waals surface area contributed by atoms with Crippen molar-refractivity contribution < 1.29 is 0 Å². The van der Waals surface area contributed by atoms with Crippen molar-refractivity contribution >= 4 is 123 Å². The van der Waals surface area contributed by atoms with Gasteiger partial charge in [-0.1, -0.05) is 218 Å². The highest BCUT2D eigenvalue weighted by atomic mass is 15.2. The molecule has 0 amide bonds. The van der Waals surface area contributed by atoms with Crippen molar-refractivity contribution in [2.24, 2.45) is 0 Å². The van der Waals surface area contributed by atoms with E-state index in [0.29, 0.717) is 0 Å². The van der Waals surface area contributed by atoms with Crippen LogP contribution in [0.15, 0.2) is 303 Å². The van der Waals surface area contributed by atoms with Crippen molar-refractivity contribution in [1.29, 1.82) is 0 Å². The van der Waals surface area contributed by atoms with E-state index in [9.17, 15) is 0 Å². The molecule has 0 saturated carbocycles. The summed E-state index contributed by atoms with van der Waals surface area (Å²) < 4.78 is 7.48. The van der Waals surface area contributed by atoms with E-state index >= 15 is 0 Å². The molecule has 18 rings (SSSR count). The van der Waals surface area contributed by atoms with Crippen LogP contribution in [0, 0.1) is 0 Å². The Morgan fingerprint density at radius 2 is 0.500 bits per heavy atom. The monoisotopic (exact) mass is 1070 g/mol. The highest BCUT2D eigenvalue weighted by Gasteiger charge is 2.45. The van der Waals surface area contributed by atoms with Gasteiger partial charge in [0.1, 0.15) is 0 Å². The number of hydrogen-bond donors (Lipinski definition) is 0. The summed E-state index contributed by atoms with van der Waals surface area (Å²) >= 11 is 0. The van der Waals surface area contributed by atoms with E-state index < -0.39 is 0 Å². The van der Waals surface area contributed by atoms with Gasteiger partial charge in [0.15, 0.2) is 0 Å². The van der Waals surface area contributed by atoms with Gasteiger partial charge in [-0.25, -0.2) is 0 Å². The van der Waals surface area contributed by atoms with Gasteiger partial charge in [-0.3, -0.25) is 0 Å². The molecule has 0 fully saturated rings. The third-order valence-corrected chi connectivity index (χ3v) is 18.0. The van der Waals surface area contributed by atoms with E-state index in [1.165, 1.54) is 71.0 Å². The van der Waals surface area contributed by atoms with Crippen molar-refractivity contribution in [1.82, 2.24) is 13.7 Å². The summed E-state index contributed by atoms with van der Waals surface area (Å²) in [5, 5.41) is 7.34. The first-order valence-electron chi connectivity index (χ1n) is 29.0. The molecule has 13 aromatic carbocycles. The maximum absolute atomic E-state index is 2.61. The predicted molar refractivity (Wildman–Crippen MR) is 354 cm³/mol. The Hall–Kier alpha value is -11.1. The van der Waals surface area contributed by atoms with E-state index in [4.69, 9.17) is 0 Å². The van der Waals surface area contributed by atoms with Crippen LogP contribution in [0.2, 0.25) is 0 Å². The van der Waals surface area contributed by atoms with Gasteiger partial charge in [0, 0.05) is 55.1 Å². The molecule has 5 heterocycles. The van der Waals surface area contributed by atoms with Gasteiger partial charge in [-0.05, 0) is 124 Å². The highest BCUT2D eigenvalue weighted by molar-refractivity contribution is 7.00. The van der Waals surface area contributed by atoms with Crippen molar-refractivity contribution in [2.45, 2.75) is 0 Å². The van der Waals surface area contributed by atoms with Gasteiger partial charge in [0.25, 0.3) is 6.71 Å². The zero-order valence-corrected chi connectivity index (χ0v) is 45.7. The zero-order valence-electron chi connectivity index (χ0n) is 45.7. The largest absolute Gasteiger partial charge is 0.309 e. The lowest BCUT2D eigenvalue weighted by Gasteiger charge is -2.45. The molecule has 5 nitrogen and oxygen atoms in total. The van der Waals surface area contributed by atoms with E-state index in [1.54, 1.807) is 0 Å². The average Bonchev–Trinajstić information content (AvgIpc) is 3.83. The number of aromatic nitrogens is 3. The first-order chi connectivity index (χ1) is 41.7. The van der Waals surface area contributed by atoms with Crippen LogP contribution in [0.4, 0.5) is 34.1 Å². The minimum absolute atomic E-state index is 0.187. The fourth-order valence-electron chi connectivity index (χ4n) is 14.5.